The molecule has 0 aliphatic carbocycles. The lowest BCUT2D eigenvalue weighted by atomic mass is 10.2. The lowest BCUT2D eigenvalue weighted by molar-refractivity contribution is -0.143. The molecule has 1 aromatic rings. The molecule has 0 bridgehead atoms. The van der Waals surface area contributed by atoms with Crippen LogP contribution in [0.25, 0.3) is 0 Å². The summed E-state index contributed by atoms with van der Waals surface area (Å²) >= 11 is 0. The molecule has 26 heavy (non-hydrogen) atoms. The molecular weight excluding hydrogens is 351 g/mol. The van der Waals surface area contributed by atoms with Crippen molar-refractivity contribution >= 4 is 17.7 Å². The van der Waals surface area contributed by atoms with E-state index in [1.165, 1.54) is 7.05 Å². The SMILES string of the molecule is CCCOC(=O)c1ccc(NC(=O)NCCCN(C)CC(F)(F)F)cc1. The zero-order valence-corrected chi connectivity index (χ0v) is 14.9. The van der Waals surface area contributed by atoms with Gasteiger partial charge in [-0.3, -0.25) is 4.90 Å². The van der Waals surface area contributed by atoms with Gasteiger partial charge in [-0.05, 0) is 50.7 Å². The average molecular weight is 375 g/mol. The first-order valence-corrected chi connectivity index (χ1v) is 8.28. The zero-order chi connectivity index (χ0) is 19.6. The molecule has 0 heterocycles. The van der Waals surface area contributed by atoms with E-state index in [0.717, 1.165) is 11.3 Å². The Labute approximate surface area is 150 Å². The van der Waals surface area contributed by atoms with Crippen molar-refractivity contribution in [1.82, 2.24) is 10.2 Å². The van der Waals surface area contributed by atoms with Gasteiger partial charge in [0.05, 0.1) is 18.7 Å². The number of esters is 1. The highest BCUT2D eigenvalue weighted by molar-refractivity contribution is 5.92. The highest BCUT2D eigenvalue weighted by atomic mass is 19.4. The molecule has 0 aliphatic heterocycles. The molecule has 0 aliphatic rings. The van der Waals surface area contributed by atoms with Crippen LogP contribution in [0.1, 0.15) is 30.1 Å². The molecule has 0 spiro atoms. The topological polar surface area (TPSA) is 70.7 Å². The number of amides is 2. The van der Waals surface area contributed by atoms with Crippen molar-refractivity contribution in [3.8, 4) is 0 Å². The zero-order valence-electron chi connectivity index (χ0n) is 14.9. The normalized spacial score (nSPS) is 11.3. The van der Waals surface area contributed by atoms with Crippen LogP contribution in [0.5, 0.6) is 0 Å². The Morgan fingerprint density at radius 1 is 1.19 bits per heavy atom. The van der Waals surface area contributed by atoms with Gasteiger partial charge in [-0.1, -0.05) is 6.92 Å². The van der Waals surface area contributed by atoms with E-state index in [1.807, 2.05) is 6.92 Å². The van der Waals surface area contributed by atoms with Gasteiger partial charge in [-0.15, -0.1) is 0 Å². The number of hydrogen-bond donors (Lipinski definition) is 2. The minimum Gasteiger partial charge on any atom is -0.462 e. The van der Waals surface area contributed by atoms with Crippen LogP contribution in [0.4, 0.5) is 23.7 Å². The number of benzene rings is 1. The molecular formula is C17H24F3N3O3. The summed E-state index contributed by atoms with van der Waals surface area (Å²) in [7, 11) is 1.38. The third-order valence-corrected chi connectivity index (χ3v) is 3.27. The minimum absolute atomic E-state index is 0.217. The molecule has 0 unspecified atom stereocenters. The van der Waals surface area contributed by atoms with E-state index in [4.69, 9.17) is 4.74 Å². The summed E-state index contributed by atoms with van der Waals surface area (Å²) in [6.45, 7) is 1.72. The summed E-state index contributed by atoms with van der Waals surface area (Å²) < 4.78 is 41.5. The van der Waals surface area contributed by atoms with E-state index >= 15 is 0 Å². The highest BCUT2D eigenvalue weighted by Crippen LogP contribution is 2.15. The van der Waals surface area contributed by atoms with Gasteiger partial charge in [-0.25, -0.2) is 9.59 Å². The van der Waals surface area contributed by atoms with Gasteiger partial charge in [0.2, 0.25) is 0 Å². The summed E-state index contributed by atoms with van der Waals surface area (Å²) in [6.07, 6.45) is -3.10. The van der Waals surface area contributed by atoms with Crippen LogP contribution >= 0.6 is 0 Å². The van der Waals surface area contributed by atoms with E-state index in [-0.39, 0.29) is 13.1 Å². The fourth-order valence-corrected chi connectivity index (χ4v) is 2.08. The van der Waals surface area contributed by atoms with Crippen molar-refractivity contribution in [2.45, 2.75) is 25.9 Å². The number of nitrogens with one attached hydrogen (secondary N) is 2. The third-order valence-electron chi connectivity index (χ3n) is 3.27. The quantitative estimate of drug-likeness (QED) is 0.513. The number of urea groups is 1. The number of hydrogen-bond acceptors (Lipinski definition) is 4. The molecule has 2 N–H and O–H groups in total. The molecule has 0 aromatic heterocycles. The van der Waals surface area contributed by atoms with E-state index in [2.05, 4.69) is 10.6 Å². The van der Waals surface area contributed by atoms with Crippen LogP contribution in [0.3, 0.4) is 0 Å². The van der Waals surface area contributed by atoms with E-state index < -0.39 is 24.7 Å². The first-order valence-electron chi connectivity index (χ1n) is 8.28. The van der Waals surface area contributed by atoms with Crippen LogP contribution < -0.4 is 10.6 Å². The summed E-state index contributed by atoms with van der Waals surface area (Å²) in [5, 5.41) is 5.15. The van der Waals surface area contributed by atoms with E-state index in [1.54, 1.807) is 24.3 Å². The molecule has 2 amide bonds. The van der Waals surface area contributed by atoms with Crippen molar-refractivity contribution in [3.63, 3.8) is 0 Å². The fraction of sp³-hybridized carbons (Fsp3) is 0.529. The van der Waals surface area contributed by atoms with Gasteiger partial charge in [0.25, 0.3) is 0 Å². The van der Waals surface area contributed by atoms with Crippen molar-refractivity contribution < 1.29 is 27.5 Å². The maximum absolute atomic E-state index is 12.2. The number of anilines is 1. The van der Waals surface area contributed by atoms with Gasteiger partial charge < -0.3 is 15.4 Å². The third kappa shape index (κ3) is 9.26. The van der Waals surface area contributed by atoms with Gasteiger partial charge in [0.15, 0.2) is 0 Å². The first kappa shape index (κ1) is 21.8. The van der Waals surface area contributed by atoms with Crippen LogP contribution in [-0.4, -0.2) is 56.4 Å². The molecule has 9 heteroatoms. The Bertz CT molecular complexity index is 577. The Kier molecular flexibility index (Phi) is 8.91. The predicted molar refractivity (Wildman–Crippen MR) is 92.2 cm³/mol. The summed E-state index contributed by atoms with van der Waals surface area (Å²) in [6, 6.07) is 5.75. The van der Waals surface area contributed by atoms with Crippen molar-refractivity contribution in [2.24, 2.45) is 0 Å². The highest BCUT2D eigenvalue weighted by Gasteiger charge is 2.28. The second-order valence-electron chi connectivity index (χ2n) is 5.80. The lowest BCUT2D eigenvalue weighted by Crippen LogP contribution is -2.34. The minimum atomic E-state index is -4.23. The van der Waals surface area contributed by atoms with Crippen LogP contribution in [-0.2, 0) is 4.74 Å². The van der Waals surface area contributed by atoms with E-state index in [9.17, 15) is 22.8 Å². The van der Waals surface area contributed by atoms with Gasteiger partial charge in [-0.2, -0.15) is 13.2 Å². The Balaban J connectivity index is 2.29. The second kappa shape index (κ2) is 10.6. The van der Waals surface area contributed by atoms with Gasteiger partial charge >= 0.3 is 18.2 Å². The molecule has 1 rings (SSSR count). The molecule has 146 valence electrons. The number of rotatable bonds is 9. The monoisotopic (exact) mass is 375 g/mol. The number of halogens is 3. The fourth-order valence-electron chi connectivity index (χ4n) is 2.08. The Morgan fingerprint density at radius 3 is 2.42 bits per heavy atom. The standard InChI is InChI=1S/C17H24F3N3O3/c1-3-11-26-15(24)13-5-7-14(8-6-13)22-16(25)21-9-4-10-23(2)12-17(18,19)20/h5-8H,3-4,9-12H2,1-2H3,(H2,21,22,25). The molecule has 6 nitrogen and oxygen atoms in total. The molecule has 0 atom stereocenters. The van der Waals surface area contributed by atoms with Crippen LogP contribution in [0.2, 0.25) is 0 Å². The molecule has 0 saturated carbocycles. The molecule has 0 fully saturated rings. The number of carbonyl (C=O) groups is 2. The number of alkyl halides is 3. The average Bonchev–Trinajstić information content (AvgIpc) is 2.55. The maximum atomic E-state index is 12.2. The largest absolute Gasteiger partial charge is 0.462 e. The van der Waals surface area contributed by atoms with Crippen molar-refractivity contribution in [1.29, 1.82) is 0 Å². The Morgan fingerprint density at radius 2 is 1.85 bits per heavy atom. The summed E-state index contributed by atoms with van der Waals surface area (Å²) in [4.78, 5) is 24.5. The van der Waals surface area contributed by atoms with Crippen LogP contribution in [0, 0.1) is 0 Å². The number of nitrogens with zero attached hydrogens (tertiary/aromatic N) is 1. The smallest absolute Gasteiger partial charge is 0.401 e. The van der Waals surface area contributed by atoms with E-state index in [0.29, 0.717) is 24.3 Å². The first-order chi connectivity index (χ1) is 12.2. The predicted octanol–water partition coefficient (Wildman–Crippen LogP) is 3.26. The lowest BCUT2D eigenvalue weighted by Gasteiger charge is -2.18. The van der Waals surface area contributed by atoms with Crippen molar-refractivity contribution in [2.75, 3.05) is 38.6 Å². The molecule has 0 radical (unpaired) electrons. The molecule has 1 aromatic carbocycles. The number of ether oxygens (including phenoxy) is 1. The summed E-state index contributed by atoms with van der Waals surface area (Å²) in [5.41, 5.74) is 0.876. The Hall–Kier alpha value is -2.29. The van der Waals surface area contributed by atoms with Crippen LogP contribution in [0.15, 0.2) is 24.3 Å². The second-order valence-corrected chi connectivity index (χ2v) is 5.80. The maximum Gasteiger partial charge on any atom is 0.401 e. The van der Waals surface area contributed by atoms with Gasteiger partial charge in [0.1, 0.15) is 0 Å². The van der Waals surface area contributed by atoms with Crippen molar-refractivity contribution in [3.05, 3.63) is 29.8 Å². The number of carbonyl (C=O) groups excluding carboxylic acids is 2. The molecule has 0 saturated heterocycles. The van der Waals surface area contributed by atoms with Gasteiger partial charge in [0, 0.05) is 12.2 Å². The summed E-state index contributed by atoms with van der Waals surface area (Å²) in [5.74, 6) is -0.425.